The highest BCUT2D eigenvalue weighted by Gasteiger charge is 2.11. The van der Waals surface area contributed by atoms with Gasteiger partial charge >= 0.3 is 5.97 Å². The monoisotopic (exact) mass is 607 g/mol. The van der Waals surface area contributed by atoms with Gasteiger partial charge in [0.15, 0.2) is 5.88 Å². The van der Waals surface area contributed by atoms with E-state index >= 15 is 0 Å². The number of aromatic nitrogens is 4. The van der Waals surface area contributed by atoms with Crippen LogP contribution in [-0.4, -0.2) is 76.2 Å². The average Bonchev–Trinajstić information content (AvgIpc) is 3.48. The summed E-state index contributed by atoms with van der Waals surface area (Å²) in [4.78, 5) is 43.1. The molecule has 12 heteroatoms. The Morgan fingerprint density at radius 2 is 1.87 bits per heavy atom. The van der Waals surface area contributed by atoms with Gasteiger partial charge < -0.3 is 29.8 Å². The number of carbonyl (C=O) groups is 2. The fraction of sp³-hybridized carbons (Fsp3) is 0.242. The second-order valence-electron chi connectivity index (χ2n) is 10.4. The fourth-order valence-corrected chi connectivity index (χ4v) is 4.91. The number of hydrogen-bond donors (Lipinski definition) is 3. The molecule has 1 saturated heterocycles. The van der Waals surface area contributed by atoms with Gasteiger partial charge in [0, 0.05) is 59.8 Å². The second kappa shape index (κ2) is 14.4. The topological polar surface area (TPSA) is 144 Å². The van der Waals surface area contributed by atoms with Gasteiger partial charge in [0.2, 0.25) is 5.91 Å². The van der Waals surface area contributed by atoms with Crippen LogP contribution in [0, 0.1) is 0 Å². The lowest BCUT2D eigenvalue weighted by molar-refractivity contribution is -0.138. The van der Waals surface area contributed by atoms with Gasteiger partial charge in [-0.3, -0.25) is 9.69 Å². The maximum absolute atomic E-state index is 12.5. The Morgan fingerprint density at radius 3 is 2.73 bits per heavy atom. The number of nitrogens with one attached hydrogen (secondary N) is 3. The van der Waals surface area contributed by atoms with Crippen LogP contribution in [0.4, 0.5) is 17.3 Å². The molecule has 4 heterocycles. The van der Waals surface area contributed by atoms with Crippen LogP contribution in [0.2, 0.25) is 0 Å². The second-order valence-corrected chi connectivity index (χ2v) is 10.4. The third kappa shape index (κ3) is 8.19. The molecule has 0 aliphatic carbocycles. The van der Waals surface area contributed by atoms with Crippen molar-refractivity contribution in [2.45, 2.75) is 13.0 Å². The molecule has 0 bridgehead atoms. The molecule has 1 aliphatic heterocycles. The van der Waals surface area contributed by atoms with Crippen molar-refractivity contribution >= 4 is 51.0 Å². The number of aromatic amines is 1. The Bertz CT molecular complexity index is 1800. The summed E-state index contributed by atoms with van der Waals surface area (Å²) in [5, 5.41) is 7.65. The zero-order valence-electron chi connectivity index (χ0n) is 24.6. The minimum Gasteiger partial charge on any atom is -0.474 e. The molecule has 0 radical (unpaired) electrons. The van der Waals surface area contributed by atoms with Gasteiger partial charge in [-0.1, -0.05) is 30.3 Å². The molecule has 1 aliphatic rings. The Morgan fingerprint density at radius 1 is 1.00 bits per heavy atom. The molecule has 6 rings (SSSR count). The van der Waals surface area contributed by atoms with Crippen molar-refractivity contribution in [3.05, 3.63) is 90.9 Å². The third-order valence-electron chi connectivity index (χ3n) is 7.21. The molecule has 5 aromatic rings. The van der Waals surface area contributed by atoms with Crippen molar-refractivity contribution in [3.8, 4) is 5.88 Å². The third-order valence-corrected chi connectivity index (χ3v) is 7.21. The predicted octanol–water partition coefficient (Wildman–Crippen LogP) is 4.59. The largest absolute Gasteiger partial charge is 0.474 e. The van der Waals surface area contributed by atoms with Crippen molar-refractivity contribution in [2.24, 2.45) is 0 Å². The number of benzene rings is 2. The average molecular weight is 608 g/mol. The lowest BCUT2D eigenvalue weighted by Crippen LogP contribution is -2.37. The van der Waals surface area contributed by atoms with E-state index < -0.39 is 11.9 Å². The molecule has 3 aromatic heterocycles. The SMILES string of the molecule is O=C(C=CC(=O)OCCCN1CCOCC1)Nc1cc2c(Nc3ccc4[nH]c(OCc5ccccc5)cc4c3)ncnc2cn1. The first kappa shape index (κ1) is 29.7. The minimum absolute atomic E-state index is 0.282. The molecule has 0 unspecified atom stereocenters. The molecule has 1 amide bonds. The van der Waals surface area contributed by atoms with Crippen LogP contribution in [0.15, 0.2) is 85.3 Å². The number of esters is 1. The first-order valence-corrected chi connectivity index (χ1v) is 14.7. The van der Waals surface area contributed by atoms with Gasteiger partial charge in [-0.25, -0.2) is 19.7 Å². The molecule has 12 nitrogen and oxygen atoms in total. The summed E-state index contributed by atoms with van der Waals surface area (Å²) in [5.41, 5.74) is 3.43. The number of carbonyl (C=O) groups excluding carboxylic acids is 2. The van der Waals surface area contributed by atoms with E-state index in [1.54, 1.807) is 12.3 Å². The summed E-state index contributed by atoms with van der Waals surface area (Å²) >= 11 is 0. The molecule has 3 N–H and O–H groups in total. The lowest BCUT2D eigenvalue weighted by Gasteiger charge is -2.26. The zero-order chi connectivity index (χ0) is 30.8. The lowest BCUT2D eigenvalue weighted by atomic mass is 10.2. The van der Waals surface area contributed by atoms with Gasteiger partial charge in [0.25, 0.3) is 0 Å². The summed E-state index contributed by atoms with van der Waals surface area (Å²) in [6.45, 7) is 4.81. The van der Waals surface area contributed by atoms with Crippen LogP contribution in [0.5, 0.6) is 5.88 Å². The van der Waals surface area contributed by atoms with Crippen molar-refractivity contribution in [1.82, 2.24) is 24.8 Å². The highest BCUT2D eigenvalue weighted by molar-refractivity contribution is 6.03. The first-order chi connectivity index (χ1) is 22.1. The van der Waals surface area contributed by atoms with E-state index in [4.69, 9.17) is 14.2 Å². The van der Waals surface area contributed by atoms with Crippen molar-refractivity contribution < 1.29 is 23.8 Å². The van der Waals surface area contributed by atoms with E-state index in [1.165, 1.54) is 6.33 Å². The Balaban J connectivity index is 1.05. The van der Waals surface area contributed by atoms with Crippen LogP contribution in [0.25, 0.3) is 21.8 Å². The van der Waals surface area contributed by atoms with E-state index in [0.29, 0.717) is 35.6 Å². The molecule has 2 aromatic carbocycles. The van der Waals surface area contributed by atoms with Crippen molar-refractivity contribution in [1.29, 1.82) is 0 Å². The summed E-state index contributed by atoms with van der Waals surface area (Å²) in [7, 11) is 0. The van der Waals surface area contributed by atoms with Crippen LogP contribution >= 0.6 is 0 Å². The molecule has 0 saturated carbocycles. The summed E-state index contributed by atoms with van der Waals surface area (Å²) in [6.07, 6.45) is 5.95. The maximum atomic E-state index is 12.5. The number of anilines is 3. The number of rotatable bonds is 12. The normalized spacial score (nSPS) is 13.7. The molecule has 0 spiro atoms. The van der Waals surface area contributed by atoms with E-state index in [-0.39, 0.29) is 12.4 Å². The van der Waals surface area contributed by atoms with Crippen molar-refractivity contribution in [3.63, 3.8) is 0 Å². The minimum atomic E-state index is -0.576. The van der Waals surface area contributed by atoms with Crippen LogP contribution in [0.1, 0.15) is 12.0 Å². The zero-order valence-corrected chi connectivity index (χ0v) is 24.6. The molecule has 45 heavy (non-hydrogen) atoms. The maximum Gasteiger partial charge on any atom is 0.330 e. The van der Waals surface area contributed by atoms with E-state index in [1.807, 2.05) is 54.6 Å². The number of morpholine rings is 1. The van der Waals surface area contributed by atoms with Crippen LogP contribution in [0.3, 0.4) is 0 Å². The van der Waals surface area contributed by atoms with Crippen LogP contribution in [-0.2, 0) is 25.7 Å². The van der Waals surface area contributed by atoms with E-state index in [0.717, 1.165) is 67.2 Å². The summed E-state index contributed by atoms with van der Waals surface area (Å²) < 4.78 is 16.5. The van der Waals surface area contributed by atoms with Crippen molar-refractivity contribution in [2.75, 3.05) is 50.1 Å². The Hall–Kier alpha value is -5.33. The Kier molecular flexibility index (Phi) is 9.53. The molecule has 0 atom stereocenters. The fourth-order valence-electron chi connectivity index (χ4n) is 4.91. The van der Waals surface area contributed by atoms with E-state index in [2.05, 4.69) is 35.5 Å². The number of ether oxygens (including phenoxy) is 3. The standard InChI is InChI=1S/C33H33N7O5/c41-30(9-10-32(42)44-14-4-11-40-12-15-43-16-13-40)39-29-19-26-28(20-34-29)35-22-36-33(26)37-25-7-8-27-24(17-25)18-31(38-27)45-21-23-5-2-1-3-6-23/h1-3,5-10,17-20,22,38H,4,11-16,21H2,(H,34,39,41)(H,35,36,37). The molecule has 1 fully saturated rings. The molecule has 230 valence electrons. The summed E-state index contributed by atoms with van der Waals surface area (Å²) in [6, 6.07) is 19.5. The highest BCUT2D eigenvalue weighted by atomic mass is 16.5. The quantitative estimate of drug-likeness (QED) is 0.105. The van der Waals surface area contributed by atoms with Gasteiger partial charge in [-0.15, -0.1) is 0 Å². The smallest absolute Gasteiger partial charge is 0.330 e. The highest BCUT2D eigenvalue weighted by Crippen LogP contribution is 2.28. The number of H-pyrrole nitrogens is 1. The predicted molar refractivity (Wildman–Crippen MR) is 170 cm³/mol. The molecular weight excluding hydrogens is 574 g/mol. The number of fused-ring (bicyclic) bond motifs is 2. The first-order valence-electron chi connectivity index (χ1n) is 14.7. The molecular formula is C33H33N7O5. The number of pyridine rings is 1. The van der Waals surface area contributed by atoms with E-state index in [9.17, 15) is 9.59 Å². The van der Waals surface area contributed by atoms with Crippen LogP contribution < -0.4 is 15.4 Å². The summed E-state index contributed by atoms with van der Waals surface area (Å²) in [5.74, 6) is 0.421. The van der Waals surface area contributed by atoms with Gasteiger partial charge in [0.1, 0.15) is 24.6 Å². The van der Waals surface area contributed by atoms with Gasteiger partial charge in [0.05, 0.1) is 31.5 Å². The number of hydrogen-bond acceptors (Lipinski definition) is 10. The van der Waals surface area contributed by atoms with Gasteiger partial charge in [-0.2, -0.15) is 0 Å². The number of nitrogens with zero attached hydrogens (tertiary/aromatic N) is 4. The number of amides is 1. The Labute approximate surface area is 259 Å². The van der Waals surface area contributed by atoms with Gasteiger partial charge in [-0.05, 0) is 36.2 Å².